The summed E-state index contributed by atoms with van der Waals surface area (Å²) in [5, 5.41) is 7.97. The minimum atomic E-state index is -0.333. The molecule has 3 aromatic rings. The third kappa shape index (κ3) is 5.82. The highest BCUT2D eigenvalue weighted by Crippen LogP contribution is 2.33. The van der Waals surface area contributed by atoms with Crippen LogP contribution in [-0.4, -0.2) is 65.2 Å². The zero-order valence-electron chi connectivity index (χ0n) is 21.1. The number of hydrogen-bond donors (Lipinski definition) is 3. The van der Waals surface area contributed by atoms with Gasteiger partial charge in [-0.05, 0) is 44.4 Å². The van der Waals surface area contributed by atoms with E-state index in [1.54, 1.807) is 13.0 Å². The molecule has 1 aliphatic rings. The van der Waals surface area contributed by atoms with Gasteiger partial charge in [0.15, 0.2) is 16.1 Å². The van der Waals surface area contributed by atoms with Crippen LogP contribution in [-0.2, 0) is 11.2 Å². The lowest BCUT2D eigenvalue weighted by Gasteiger charge is -2.39. The van der Waals surface area contributed by atoms with Crippen LogP contribution in [0.2, 0.25) is 5.15 Å². The summed E-state index contributed by atoms with van der Waals surface area (Å²) < 4.78 is 6.05. The Bertz CT molecular complexity index is 1230. The number of rotatable bonds is 9. The van der Waals surface area contributed by atoms with Gasteiger partial charge in [0.2, 0.25) is 0 Å². The Morgan fingerprint density at radius 1 is 1.28 bits per heavy atom. The number of anilines is 1. The first-order valence-corrected chi connectivity index (χ1v) is 13.6. The number of H-pyrrole nitrogens is 1. The van der Waals surface area contributed by atoms with Crippen LogP contribution in [0.15, 0.2) is 18.2 Å². The Hall–Kier alpha value is -2.69. The lowest BCUT2D eigenvalue weighted by molar-refractivity contribution is 0.0528. The molecule has 194 valence electrons. The molecule has 1 aromatic carbocycles. The number of nitrogens with zero attached hydrogens (tertiary/aromatic N) is 3. The first kappa shape index (κ1) is 26.4. The average Bonchev–Trinajstić information content (AvgIpc) is 3.46. The molecule has 36 heavy (non-hydrogen) atoms. The van der Waals surface area contributed by atoms with Crippen molar-refractivity contribution in [3.05, 3.63) is 40.4 Å². The molecular weight excluding hydrogens is 500 g/mol. The Kier molecular flexibility index (Phi) is 8.48. The van der Waals surface area contributed by atoms with E-state index in [4.69, 9.17) is 21.3 Å². The van der Waals surface area contributed by atoms with Crippen LogP contribution in [0.25, 0.3) is 10.2 Å². The Morgan fingerprint density at radius 2 is 2.08 bits per heavy atom. The van der Waals surface area contributed by atoms with E-state index in [-0.39, 0.29) is 29.8 Å². The fraction of sp³-hybridized carbons (Fsp3) is 0.520. The summed E-state index contributed by atoms with van der Waals surface area (Å²) >= 11 is 7.64. The van der Waals surface area contributed by atoms with Crippen molar-refractivity contribution < 1.29 is 14.3 Å². The van der Waals surface area contributed by atoms with Crippen LogP contribution >= 0.6 is 22.9 Å². The highest BCUT2D eigenvalue weighted by Gasteiger charge is 2.32. The van der Waals surface area contributed by atoms with Gasteiger partial charge in [0.1, 0.15) is 0 Å². The van der Waals surface area contributed by atoms with Crippen LogP contribution in [0.3, 0.4) is 0 Å². The van der Waals surface area contributed by atoms with Gasteiger partial charge >= 0.3 is 5.97 Å². The molecule has 0 spiro atoms. The number of nitrogens with one attached hydrogen (secondary N) is 3. The van der Waals surface area contributed by atoms with Gasteiger partial charge in [0.05, 0.1) is 28.1 Å². The normalized spacial score (nSPS) is 18.1. The number of fused-ring (bicyclic) bond motifs is 1. The minimum Gasteiger partial charge on any atom is -0.462 e. The first-order valence-electron chi connectivity index (χ1n) is 12.4. The van der Waals surface area contributed by atoms with Gasteiger partial charge in [0.25, 0.3) is 5.91 Å². The van der Waals surface area contributed by atoms with Crippen LogP contribution in [0.5, 0.6) is 0 Å². The van der Waals surface area contributed by atoms with Gasteiger partial charge in [0, 0.05) is 25.2 Å². The van der Waals surface area contributed by atoms with Crippen molar-refractivity contribution in [3.8, 4) is 0 Å². The second-order valence-electron chi connectivity index (χ2n) is 9.30. The molecule has 0 aliphatic carbocycles. The van der Waals surface area contributed by atoms with E-state index in [1.807, 2.05) is 19.1 Å². The number of amides is 1. The van der Waals surface area contributed by atoms with Crippen molar-refractivity contribution >= 4 is 50.2 Å². The molecule has 1 aliphatic heterocycles. The SMILES string of the molecule is CCOC(=O)c1cccc2nc(N3CC[C@@H](NC(=O)c4nc(Cl)c(CC)[nH]4)[C@@H](NCC(C)C)C3)sc12. The summed E-state index contributed by atoms with van der Waals surface area (Å²) in [6, 6.07) is 5.46. The van der Waals surface area contributed by atoms with E-state index in [9.17, 15) is 9.59 Å². The van der Waals surface area contributed by atoms with E-state index in [0.717, 1.165) is 40.6 Å². The Balaban J connectivity index is 1.52. The maximum Gasteiger partial charge on any atom is 0.339 e. The highest BCUT2D eigenvalue weighted by atomic mass is 35.5. The molecule has 4 rings (SSSR count). The zero-order valence-corrected chi connectivity index (χ0v) is 22.6. The van der Waals surface area contributed by atoms with Crippen LogP contribution in [0.4, 0.5) is 5.13 Å². The predicted octanol–water partition coefficient (Wildman–Crippen LogP) is 4.03. The molecule has 1 amide bonds. The number of aryl methyl sites for hydroxylation is 1. The van der Waals surface area contributed by atoms with E-state index >= 15 is 0 Å². The van der Waals surface area contributed by atoms with Crippen LogP contribution in [0, 0.1) is 5.92 Å². The quantitative estimate of drug-likeness (QED) is 0.356. The molecule has 3 heterocycles. The topological polar surface area (TPSA) is 112 Å². The fourth-order valence-corrected chi connectivity index (χ4v) is 5.67. The van der Waals surface area contributed by atoms with E-state index < -0.39 is 0 Å². The molecule has 1 saturated heterocycles. The van der Waals surface area contributed by atoms with E-state index in [1.165, 1.54) is 11.3 Å². The fourth-order valence-electron chi connectivity index (χ4n) is 4.30. The van der Waals surface area contributed by atoms with Crippen molar-refractivity contribution in [2.75, 3.05) is 31.1 Å². The average molecular weight is 533 g/mol. The third-order valence-corrected chi connectivity index (χ3v) is 7.66. The molecule has 1 fully saturated rings. The summed E-state index contributed by atoms with van der Waals surface area (Å²) in [6.45, 7) is 10.6. The van der Waals surface area contributed by atoms with E-state index in [0.29, 0.717) is 36.2 Å². The number of aromatic amines is 1. The summed E-state index contributed by atoms with van der Waals surface area (Å²) in [6.07, 6.45) is 1.41. The van der Waals surface area contributed by atoms with Gasteiger partial charge < -0.3 is 25.3 Å². The lowest BCUT2D eigenvalue weighted by atomic mass is 9.98. The summed E-state index contributed by atoms with van der Waals surface area (Å²) in [4.78, 5) is 39.6. The summed E-state index contributed by atoms with van der Waals surface area (Å²) in [5.41, 5.74) is 2.08. The first-order chi connectivity index (χ1) is 17.3. The van der Waals surface area contributed by atoms with Gasteiger partial charge in [-0.1, -0.05) is 49.8 Å². The highest BCUT2D eigenvalue weighted by molar-refractivity contribution is 7.22. The lowest BCUT2D eigenvalue weighted by Crippen LogP contribution is -2.60. The van der Waals surface area contributed by atoms with Gasteiger partial charge in [-0.2, -0.15) is 0 Å². The van der Waals surface area contributed by atoms with Crippen molar-refractivity contribution in [1.29, 1.82) is 0 Å². The molecule has 2 aromatic heterocycles. The number of imidazole rings is 1. The second-order valence-corrected chi connectivity index (χ2v) is 10.6. The molecule has 0 bridgehead atoms. The van der Waals surface area contributed by atoms with Crippen molar-refractivity contribution in [2.45, 2.75) is 52.6 Å². The van der Waals surface area contributed by atoms with Gasteiger partial charge in [-0.3, -0.25) is 4.79 Å². The molecule has 2 atom stereocenters. The Morgan fingerprint density at radius 3 is 2.78 bits per heavy atom. The molecule has 0 saturated carbocycles. The standard InChI is InChI=1S/C25H33ClN6O3S/c1-5-16-21(26)31-22(28-16)23(33)29-17-10-11-32(13-19(17)27-12-14(3)4)25-30-18-9-7-8-15(20(18)36-25)24(34)35-6-2/h7-9,14,17,19,27H,5-6,10-13H2,1-4H3,(H,28,31)(H,29,33)/t17-,19+/m1/s1. The molecule has 11 heteroatoms. The van der Waals surface area contributed by atoms with Crippen molar-refractivity contribution in [3.63, 3.8) is 0 Å². The molecule has 9 nitrogen and oxygen atoms in total. The number of aromatic nitrogens is 3. The van der Waals surface area contributed by atoms with Gasteiger partial charge in [-0.15, -0.1) is 0 Å². The minimum absolute atomic E-state index is 0.0118. The predicted molar refractivity (Wildman–Crippen MR) is 143 cm³/mol. The number of carbonyl (C=O) groups excluding carboxylic acids is 2. The second kappa shape index (κ2) is 11.6. The number of thiazole rings is 1. The van der Waals surface area contributed by atoms with Crippen molar-refractivity contribution in [1.82, 2.24) is 25.6 Å². The maximum absolute atomic E-state index is 12.9. The number of hydrogen-bond acceptors (Lipinski definition) is 8. The smallest absolute Gasteiger partial charge is 0.339 e. The summed E-state index contributed by atoms with van der Waals surface area (Å²) in [5.74, 6) is 0.104. The Labute approximate surface area is 220 Å². The number of benzene rings is 1. The number of piperidine rings is 1. The number of esters is 1. The summed E-state index contributed by atoms with van der Waals surface area (Å²) in [7, 11) is 0. The maximum atomic E-state index is 12.9. The monoisotopic (exact) mass is 532 g/mol. The number of ether oxygens (including phenoxy) is 1. The zero-order chi connectivity index (χ0) is 25.8. The largest absolute Gasteiger partial charge is 0.462 e. The molecular formula is C25H33ClN6O3S. The van der Waals surface area contributed by atoms with E-state index in [2.05, 4.69) is 39.3 Å². The van der Waals surface area contributed by atoms with Crippen LogP contribution < -0.4 is 15.5 Å². The molecule has 3 N–H and O–H groups in total. The van der Waals surface area contributed by atoms with Gasteiger partial charge in [-0.25, -0.2) is 14.8 Å². The number of carbonyl (C=O) groups is 2. The van der Waals surface area contributed by atoms with Crippen molar-refractivity contribution in [2.24, 2.45) is 5.92 Å². The third-order valence-electron chi connectivity index (χ3n) is 6.18. The van der Waals surface area contributed by atoms with Crippen LogP contribution in [0.1, 0.15) is 60.8 Å². The molecule has 0 radical (unpaired) electrons. The number of halogens is 1. The molecule has 0 unspecified atom stereocenters.